The number of anilines is 4. The van der Waals surface area contributed by atoms with Gasteiger partial charge in [0.05, 0.1) is 20.3 Å². The number of nitrogens with one attached hydrogen (secondary N) is 1. The number of methoxy groups -OCH3 is 1. The van der Waals surface area contributed by atoms with Gasteiger partial charge in [-0.1, -0.05) is 18.2 Å². The summed E-state index contributed by atoms with van der Waals surface area (Å²) in [4.78, 5) is 17.2. The van der Waals surface area contributed by atoms with Crippen molar-refractivity contribution in [3.8, 4) is 28.7 Å². The van der Waals surface area contributed by atoms with Crippen LogP contribution in [0.2, 0.25) is 0 Å². The van der Waals surface area contributed by atoms with Gasteiger partial charge in [-0.3, -0.25) is 4.90 Å². The number of aromatic nitrogens is 3. The van der Waals surface area contributed by atoms with Crippen molar-refractivity contribution >= 4 is 23.3 Å². The topological polar surface area (TPSA) is 114 Å². The maximum absolute atomic E-state index is 10.6. The number of aromatic hydroxyl groups is 1. The highest BCUT2D eigenvalue weighted by Crippen LogP contribution is 2.40. The van der Waals surface area contributed by atoms with E-state index in [1.54, 1.807) is 6.07 Å². The summed E-state index contributed by atoms with van der Waals surface area (Å²) in [6, 6.07) is 20.5. The van der Waals surface area contributed by atoms with Crippen LogP contribution in [0.25, 0.3) is 0 Å². The molecule has 1 aromatic heterocycles. The minimum absolute atomic E-state index is 0.0573. The van der Waals surface area contributed by atoms with Crippen LogP contribution in [0.1, 0.15) is 0 Å². The Labute approximate surface area is 232 Å². The molecule has 11 nitrogen and oxygen atoms in total. The fourth-order valence-corrected chi connectivity index (χ4v) is 4.20. The zero-order chi connectivity index (χ0) is 27.7. The largest absolute Gasteiger partial charge is 0.504 e. The van der Waals surface area contributed by atoms with E-state index < -0.39 is 0 Å². The van der Waals surface area contributed by atoms with Gasteiger partial charge in [0.1, 0.15) is 24.4 Å². The highest BCUT2D eigenvalue weighted by atomic mass is 16.5. The fraction of sp³-hybridized carbons (Fsp3) is 0.276. The molecular weight excluding hydrogens is 512 g/mol. The van der Waals surface area contributed by atoms with Crippen molar-refractivity contribution in [1.82, 2.24) is 19.9 Å². The van der Waals surface area contributed by atoms with Crippen molar-refractivity contribution in [2.24, 2.45) is 0 Å². The monoisotopic (exact) mass is 544 g/mol. The SMILES string of the molecule is COc1c(O)cc(Nc2ncnc(N(C)c3ccc(Oc4ccccc4)cc3)n2)cc1OCCN1CCOCC1. The molecule has 40 heavy (non-hydrogen) atoms. The summed E-state index contributed by atoms with van der Waals surface area (Å²) in [7, 11) is 3.36. The lowest BCUT2D eigenvalue weighted by Crippen LogP contribution is -2.38. The van der Waals surface area contributed by atoms with Crippen LogP contribution < -0.4 is 24.4 Å². The van der Waals surface area contributed by atoms with E-state index in [4.69, 9.17) is 18.9 Å². The van der Waals surface area contributed by atoms with E-state index in [0.29, 0.717) is 29.9 Å². The van der Waals surface area contributed by atoms with E-state index in [-0.39, 0.29) is 11.5 Å². The van der Waals surface area contributed by atoms with Crippen molar-refractivity contribution in [2.45, 2.75) is 0 Å². The van der Waals surface area contributed by atoms with Crippen LogP contribution in [0.15, 0.2) is 73.1 Å². The van der Waals surface area contributed by atoms with Crippen molar-refractivity contribution in [2.75, 3.05) is 63.8 Å². The predicted octanol–water partition coefficient (Wildman–Crippen LogP) is 4.60. The molecule has 1 aliphatic heterocycles. The van der Waals surface area contributed by atoms with Crippen molar-refractivity contribution in [1.29, 1.82) is 0 Å². The smallest absolute Gasteiger partial charge is 0.234 e. The second-order valence-corrected chi connectivity index (χ2v) is 9.03. The Morgan fingerprint density at radius 2 is 1.75 bits per heavy atom. The van der Waals surface area contributed by atoms with Gasteiger partial charge in [0.15, 0.2) is 11.5 Å². The highest BCUT2D eigenvalue weighted by Gasteiger charge is 2.16. The number of para-hydroxylation sites is 1. The molecule has 2 heterocycles. The molecule has 0 spiro atoms. The summed E-state index contributed by atoms with van der Waals surface area (Å²) in [6.45, 7) is 4.37. The second kappa shape index (κ2) is 13.0. The highest BCUT2D eigenvalue weighted by molar-refractivity contribution is 5.66. The zero-order valence-corrected chi connectivity index (χ0v) is 22.5. The second-order valence-electron chi connectivity index (χ2n) is 9.03. The summed E-state index contributed by atoms with van der Waals surface area (Å²) < 4.78 is 22.6. The molecule has 0 amide bonds. The minimum atomic E-state index is -0.0573. The average Bonchev–Trinajstić information content (AvgIpc) is 2.98. The number of nitrogens with zero attached hydrogens (tertiary/aromatic N) is 5. The van der Waals surface area contributed by atoms with Crippen LogP contribution in [0, 0.1) is 0 Å². The van der Waals surface area contributed by atoms with Crippen LogP contribution >= 0.6 is 0 Å². The summed E-state index contributed by atoms with van der Waals surface area (Å²) in [5.41, 5.74) is 1.41. The van der Waals surface area contributed by atoms with Crippen LogP contribution in [0.5, 0.6) is 28.7 Å². The number of rotatable bonds is 11. The third kappa shape index (κ3) is 6.87. The van der Waals surface area contributed by atoms with Crippen LogP contribution in [-0.4, -0.2) is 78.6 Å². The Kier molecular flexibility index (Phi) is 8.74. The molecule has 1 saturated heterocycles. The molecule has 1 fully saturated rings. The molecule has 1 aliphatic rings. The Balaban J connectivity index is 1.25. The Bertz CT molecular complexity index is 1380. The third-order valence-electron chi connectivity index (χ3n) is 6.33. The number of hydrogen-bond acceptors (Lipinski definition) is 11. The summed E-state index contributed by atoms with van der Waals surface area (Å²) in [6.07, 6.45) is 1.43. The first-order valence-electron chi connectivity index (χ1n) is 13.0. The number of phenolic OH excluding ortho intramolecular Hbond substituents is 1. The van der Waals surface area contributed by atoms with E-state index in [9.17, 15) is 5.11 Å². The molecule has 0 unspecified atom stereocenters. The fourth-order valence-electron chi connectivity index (χ4n) is 4.20. The maximum Gasteiger partial charge on any atom is 0.234 e. The Morgan fingerprint density at radius 1 is 1.00 bits per heavy atom. The minimum Gasteiger partial charge on any atom is -0.504 e. The van der Waals surface area contributed by atoms with Gasteiger partial charge in [-0.25, -0.2) is 9.97 Å². The number of phenols is 1. The van der Waals surface area contributed by atoms with Crippen molar-refractivity contribution in [3.05, 3.63) is 73.1 Å². The lowest BCUT2D eigenvalue weighted by Gasteiger charge is -2.26. The van der Waals surface area contributed by atoms with Gasteiger partial charge in [-0.15, -0.1) is 0 Å². The van der Waals surface area contributed by atoms with E-state index in [2.05, 4.69) is 25.2 Å². The first-order chi connectivity index (χ1) is 19.6. The Morgan fingerprint density at radius 3 is 2.50 bits per heavy atom. The van der Waals surface area contributed by atoms with Crippen LogP contribution in [0.3, 0.4) is 0 Å². The van der Waals surface area contributed by atoms with E-state index >= 15 is 0 Å². The van der Waals surface area contributed by atoms with Gasteiger partial charge in [0.2, 0.25) is 17.6 Å². The van der Waals surface area contributed by atoms with Gasteiger partial charge >= 0.3 is 0 Å². The van der Waals surface area contributed by atoms with E-state index in [0.717, 1.165) is 50.0 Å². The maximum atomic E-state index is 10.6. The lowest BCUT2D eigenvalue weighted by molar-refractivity contribution is 0.0321. The van der Waals surface area contributed by atoms with Gasteiger partial charge in [0, 0.05) is 50.2 Å². The molecule has 0 aliphatic carbocycles. The standard InChI is InChI=1S/C29H32N6O5/c1-34(22-8-10-24(11-9-22)40-23-6-4-3-5-7-23)29-31-20-30-28(33-29)32-21-18-25(36)27(37-2)26(19-21)39-17-14-35-12-15-38-16-13-35/h3-11,18-20,36H,12-17H2,1-2H3,(H,30,31,32,33). The molecule has 5 rings (SSSR count). The van der Waals surface area contributed by atoms with Gasteiger partial charge in [-0.2, -0.15) is 4.98 Å². The summed E-state index contributed by atoms with van der Waals surface area (Å²) in [5, 5.41) is 13.7. The summed E-state index contributed by atoms with van der Waals surface area (Å²) in [5.74, 6) is 2.87. The molecule has 11 heteroatoms. The predicted molar refractivity (Wildman–Crippen MR) is 152 cm³/mol. The molecule has 4 aromatic rings. The first-order valence-corrected chi connectivity index (χ1v) is 13.0. The molecule has 0 saturated carbocycles. The molecular formula is C29H32N6O5. The normalized spacial score (nSPS) is 13.4. The third-order valence-corrected chi connectivity index (χ3v) is 6.33. The summed E-state index contributed by atoms with van der Waals surface area (Å²) >= 11 is 0. The van der Waals surface area contributed by atoms with Gasteiger partial charge in [-0.05, 0) is 36.4 Å². The average molecular weight is 545 g/mol. The molecule has 0 bridgehead atoms. The van der Waals surface area contributed by atoms with Crippen LogP contribution in [0.4, 0.5) is 23.3 Å². The molecule has 208 valence electrons. The quantitative estimate of drug-likeness (QED) is 0.276. The van der Waals surface area contributed by atoms with Crippen molar-refractivity contribution in [3.63, 3.8) is 0 Å². The van der Waals surface area contributed by atoms with Gasteiger partial charge < -0.3 is 34.3 Å². The van der Waals surface area contributed by atoms with Gasteiger partial charge in [0.25, 0.3) is 0 Å². The first kappa shape index (κ1) is 27.0. The number of hydrogen-bond donors (Lipinski definition) is 2. The Hall–Kier alpha value is -4.61. The lowest BCUT2D eigenvalue weighted by atomic mass is 10.2. The van der Waals surface area contributed by atoms with Crippen LogP contribution in [-0.2, 0) is 4.74 Å². The number of morpholine rings is 1. The molecule has 0 atom stereocenters. The molecule has 3 aromatic carbocycles. The van der Waals surface area contributed by atoms with E-state index in [1.165, 1.54) is 19.5 Å². The van der Waals surface area contributed by atoms with Crippen molar-refractivity contribution < 1.29 is 24.1 Å². The molecule has 2 N–H and O–H groups in total. The number of ether oxygens (including phenoxy) is 4. The number of benzene rings is 3. The zero-order valence-electron chi connectivity index (χ0n) is 22.5. The van der Waals surface area contributed by atoms with E-state index in [1.807, 2.05) is 66.5 Å². The molecule has 0 radical (unpaired) electrons.